The number of hydrogen-bond acceptors (Lipinski definition) is 5. The van der Waals surface area contributed by atoms with Crippen LogP contribution < -0.4 is 20.2 Å². The summed E-state index contributed by atoms with van der Waals surface area (Å²) in [6.45, 7) is 6.33. The van der Waals surface area contributed by atoms with E-state index in [0.717, 1.165) is 22.9 Å². The molecule has 0 aliphatic heterocycles. The van der Waals surface area contributed by atoms with Crippen LogP contribution in [0.4, 0.5) is 5.69 Å². The van der Waals surface area contributed by atoms with Crippen molar-refractivity contribution in [1.82, 2.24) is 5.43 Å². The zero-order valence-corrected chi connectivity index (χ0v) is 20.4. The highest BCUT2D eigenvalue weighted by molar-refractivity contribution is 9.10. The van der Waals surface area contributed by atoms with Crippen LogP contribution in [0.5, 0.6) is 11.5 Å². The maximum absolute atomic E-state index is 12.7. The first-order valence-corrected chi connectivity index (χ1v) is 11.3. The van der Waals surface area contributed by atoms with Crippen LogP contribution in [-0.4, -0.2) is 31.7 Å². The standard InChI is InChI=1S/C24H30BrN3O4/c1-5-6-13-32-21-12-7-18(25)14-17(21)15-26-28-24(30)22(16(2)3)23(29)27-19-8-10-20(31-4)11-9-19/h7-12,14-16,22H,5-6,13H2,1-4H3,(H,27,29)(H,28,30). The molecule has 0 aromatic heterocycles. The van der Waals surface area contributed by atoms with Crippen molar-refractivity contribution in [2.24, 2.45) is 16.9 Å². The number of halogens is 1. The summed E-state index contributed by atoms with van der Waals surface area (Å²) in [4.78, 5) is 25.5. The van der Waals surface area contributed by atoms with Gasteiger partial charge in [0, 0.05) is 15.7 Å². The van der Waals surface area contributed by atoms with Crippen LogP contribution >= 0.6 is 15.9 Å². The Morgan fingerprint density at radius 3 is 2.47 bits per heavy atom. The number of ether oxygens (including phenoxy) is 2. The highest BCUT2D eigenvalue weighted by Gasteiger charge is 2.30. The first-order chi connectivity index (χ1) is 15.3. The van der Waals surface area contributed by atoms with Crippen LogP contribution in [0.25, 0.3) is 0 Å². The highest BCUT2D eigenvalue weighted by Crippen LogP contribution is 2.22. The van der Waals surface area contributed by atoms with E-state index in [-0.39, 0.29) is 5.92 Å². The quantitative estimate of drug-likeness (QED) is 0.195. The maximum Gasteiger partial charge on any atom is 0.252 e. The van der Waals surface area contributed by atoms with Crippen LogP contribution in [0.1, 0.15) is 39.2 Å². The lowest BCUT2D eigenvalue weighted by Gasteiger charge is -2.18. The third-order valence-corrected chi connectivity index (χ3v) is 5.19. The summed E-state index contributed by atoms with van der Waals surface area (Å²) in [5.74, 6) is -0.646. The van der Waals surface area contributed by atoms with E-state index >= 15 is 0 Å². The molecule has 0 saturated carbocycles. The molecule has 172 valence electrons. The van der Waals surface area contributed by atoms with Gasteiger partial charge in [0.15, 0.2) is 0 Å². The van der Waals surface area contributed by atoms with E-state index in [1.54, 1.807) is 31.4 Å². The molecule has 2 rings (SSSR count). The van der Waals surface area contributed by atoms with Crippen molar-refractivity contribution in [2.75, 3.05) is 19.0 Å². The Bertz CT molecular complexity index is 929. The summed E-state index contributed by atoms with van der Waals surface area (Å²) in [5, 5.41) is 6.84. The molecule has 0 spiro atoms. The van der Waals surface area contributed by atoms with E-state index in [1.165, 1.54) is 6.21 Å². The molecule has 0 bridgehead atoms. The van der Waals surface area contributed by atoms with Gasteiger partial charge in [-0.15, -0.1) is 0 Å². The van der Waals surface area contributed by atoms with Crippen LogP contribution in [0.3, 0.4) is 0 Å². The molecule has 2 N–H and O–H groups in total. The molecule has 7 nitrogen and oxygen atoms in total. The number of carbonyl (C=O) groups excluding carboxylic acids is 2. The molecular weight excluding hydrogens is 474 g/mol. The fraction of sp³-hybridized carbons (Fsp3) is 0.375. The third-order valence-electron chi connectivity index (χ3n) is 4.69. The van der Waals surface area contributed by atoms with Crippen LogP contribution in [0, 0.1) is 11.8 Å². The summed E-state index contributed by atoms with van der Waals surface area (Å²) < 4.78 is 11.8. The van der Waals surface area contributed by atoms with Gasteiger partial charge in [0.05, 0.1) is 19.9 Å². The van der Waals surface area contributed by atoms with E-state index in [9.17, 15) is 9.59 Å². The zero-order chi connectivity index (χ0) is 23.5. The monoisotopic (exact) mass is 503 g/mol. The number of carbonyl (C=O) groups is 2. The Kier molecular flexibility index (Phi) is 10.2. The number of nitrogens with one attached hydrogen (secondary N) is 2. The number of hydrazone groups is 1. The number of anilines is 1. The lowest BCUT2D eigenvalue weighted by atomic mass is 9.94. The normalized spacial score (nSPS) is 11.9. The Labute approximate surface area is 197 Å². The molecule has 1 unspecified atom stereocenters. The molecule has 8 heteroatoms. The van der Waals surface area contributed by atoms with Gasteiger partial charge in [-0.3, -0.25) is 9.59 Å². The second kappa shape index (κ2) is 12.9. The zero-order valence-electron chi connectivity index (χ0n) is 18.9. The topological polar surface area (TPSA) is 89.0 Å². The molecule has 0 saturated heterocycles. The van der Waals surface area contributed by atoms with Gasteiger partial charge in [0.1, 0.15) is 17.4 Å². The Morgan fingerprint density at radius 1 is 1.12 bits per heavy atom. The number of unbranched alkanes of at least 4 members (excludes halogenated alkanes) is 1. The lowest BCUT2D eigenvalue weighted by Crippen LogP contribution is -2.39. The number of nitrogens with zero attached hydrogens (tertiary/aromatic N) is 1. The number of rotatable bonds is 11. The maximum atomic E-state index is 12.7. The minimum atomic E-state index is -0.906. The van der Waals surface area contributed by atoms with Gasteiger partial charge >= 0.3 is 0 Å². The SMILES string of the molecule is CCCCOc1ccc(Br)cc1C=NNC(=O)C(C(=O)Nc1ccc(OC)cc1)C(C)C. The first-order valence-electron chi connectivity index (χ1n) is 10.6. The number of methoxy groups -OCH3 is 1. The summed E-state index contributed by atoms with van der Waals surface area (Å²) in [6, 6.07) is 12.5. The van der Waals surface area contributed by atoms with E-state index in [0.29, 0.717) is 23.8 Å². The minimum absolute atomic E-state index is 0.220. The molecule has 2 aromatic rings. The van der Waals surface area contributed by atoms with Crippen LogP contribution in [0.2, 0.25) is 0 Å². The minimum Gasteiger partial charge on any atom is -0.497 e. The third kappa shape index (κ3) is 7.67. The molecule has 32 heavy (non-hydrogen) atoms. The highest BCUT2D eigenvalue weighted by atomic mass is 79.9. The fourth-order valence-electron chi connectivity index (χ4n) is 2.93. The van der Waals surface area contributed by atoms with E-state index in [4.69, 9.17) is 9.47 Å². The summed E-state index contributed by atoms with van der Waals surface area (Å²) in [7, 11) is 1.57. The van der Waals surface area contributed by atoms with Gasteiger partial charge in [-0.25, -0.2) is 5.43 Å². The molecule has 0 aliphatic rings. The van der Waals surface area contributed by atoms with Gasteiger partial charge in [-0.1, -0.05) is 43.1 Å². The average Bonchev–Trinajstić information content (AvgIpc) is 2.75. The van der Waals surface area contributed by atoms with Gasteiger partial charge in [0.25, 0.3) is 5.91 Å². The molecule has 0 fully saturated rings. The lowest BCUT2D eigenvalue weighted by molar-refractivity contribution is -0.134. The largest absolute Gasteiger partial charge is 0.497 e. The average molecular weight is 504 g/mol. The Balaban J connectivity index is 2.05. The van der Waals surface area contributed by atoms with Crippen LogP contribution in [0.15, 0.2) is 52.0 Å². The predicted octanol–water partition coefficient (Wildman–Crippen LogP) is 5.00. The van der Waals surface area contributed by atoms with Crippen molar-refractivity contribution in [3.8, 4) is 11.5 Å². The van der Waals surface area contributed by atoms with E-state index in [2.05, 4.69) is 38.7 Å². The van der Waals surface area contributed by atoms with Crippen molar-refractivity contribution in [2.45, 2.75) is 33.6 Å². The Hall–Kier alpha value is -2.87. The van der Waals surface area contributed by atoms with Crippen molar-refractivity contribution >= 4 is 39.6 Å². The number of hydrogen-bond donors (Lipinski definition) is 2. The summed E-state index contributed by atoms with van der Waals surface area (Å²) in [6.07, 6.45) is 3.50. The molecule has 2 amide bonds. The van der Waals surface area contributed by atoms with Crippen molar-refractivity contribution in [1.29, 1.82) is 0 Å². The van der Waals surface area contributed by atoms with Gasteiger partial charge in [-0.05, 0) is 54.8 Å². The van der Waals surface area contributed by atoms with E-state index < -0.39 is 17.7 Å². The fourth-order valence-corrected chi connectivity index (χ4v) is 3.31. The molecule has 1 atom stereocenters. The smallest absolute Gasteiger partial charge is 0.252 e. The molecule has 0 aliphatic carbocycles. The summed E-state index contributed by atoms with van der Waals surface area (Å²) in [5.41, 5.74) is 3.80. The second-order valence-corrected chi connectivity index (χ2v) is 8.47. The van der Waals surface area contributed by atoms with Crippen molar-refractivity contribution < 1.29 is 19.1 Å². The Morgan fingerprint density at radius 2 is 1.84 bits per heavy atom. The van der Waals surface area contributed by atoms with Crippen LogP contribution in [-0.2, 0) is 9.59 Å². The first kappa shape index (κ1) is 25.4. The van der Waals surface area contributed by atoms with E-state index in [1.807, 2.05) is 32.0 Å². The van der Waals surface area contributed by atoms with Gasteiger partial charge in [-0.2, -0.15) is 5.10 Å². The van der Waals surface area contributed by atoms with Gasteiger partial charge < -0.3 is 14.8 Å². The van der Waals surface area contributed by atoms with Gasteiger partial charge in [0.2, 0.25) is 5.91 Å². The molecular formula is C24H30BrN3O4. The van der Waals surface area contributed by atoms with Crippen molar-refractivity contribution in [3.63, 3.8) is 0 Å². The second-order valence-electron chi connectivity index (χ2n) is 7.56. The van der Waals surface area contributed by atoms with Crippen molar-refractivity contribution in [3.05, 3.63) is 52.5 Å². The molecule has 2 aromatic carbocycles. The summed E-state index contributed by atoms with van der Waals surface area (Å²) >= 11 is 3.44. The predicted molar refractivity (Wildman–Crippen MR) is 130 cm³/mol. The molecule has 0 heterocycles. The number of benzene rings is 2. The number of amides is 2. The molecule has 0 radical (unpaired) electrons.